The number of benzene rings is 1. The summed E-state index contributed by atoms with van der Waals surface area (Å²) in [4.78, 5) is 11.2. The van der Waals surface area contributed by atoms with Crippen LogP contribution in [0.5, 0.6) is 0 Å². The molecule has 0 saturated carbocycles. The van der Waals surface area contributed by atoms with Crippen molar-refractivity contribution in [2.45, 2.75) is 13.5 Å². The number of hydrogen-bond donors (Lipinski definition) is 1. The Morgan fingerprint density at radius 2 is 2.12 bits per heavy atom. The van der Waals surface area contributed by atoms with Crippen LogP contribution in [-0.4, -0.2) is 5.91 Å². The number of halogens is 1. The molecule has 1 amide bonds. The second-order valence-corrected chi connectivity index (χ2v) is 3.19. The second-order valence-electron chi connectivity index (χ2n) is 3.19. The number of amides is 1. The number of rotatable bonds is 4. The van der Waals surface area contributed by atoms with E-state index in [4.69, 9.17) is 0 Å². The highest BCUT2D eigenvalue weighted by Crippen LogP contribution is 2.05. The van der Waals surface area contributed by atoms with Crippen molar-refractivity contribution in [1.82, 2.24) is 5.32 Å². The molecule has 16 heavy (non-hydrogen) atoms. The minimum Gasteiger partial charge on any atom is -0.348 e. The zero-order valence-corrected chi connectivity index (χ0v) is 9.11. The van der Waals surface area contributed by atoms with Crippen molar-refractivity contribution in [3.05, 3.63) is 60.0 Å². The van der Waals surface area contributed by atoms with Crippen LogP contribution in [0.1, 0.15) is 12.5 Å². The highest BCUT2D eigenvalue weighted by molar-refractivity contribution is 5.87. The third-order valence-corrected chi connectivity index (χ3v) is 1.96. The summed E-state index contributed by atoms with van der Waals surface area (Å²) in [6.07, 6.45) is 6.61. The molecule has 0 atom stereocenters. The van der Waals surface area contributed by atoms with E-state index in [0.29, 0.717) is 5.56 Å². The average molecular weight is 219 g/mol. The molecule has 84 valence electrons. The molecule has 0 aliphatic rings. The summed E-state index contributed by atoms with van der Waals surface area (Å²) >= 11 is 0. The molecule has 0 saturated heterocycles. The molecule has 1 N–H and O–H groups in total. The normalized spacial score (nSPS) is 11.1. The fourth-order valence-electron chi connectivity index (χ4n) is 1.14. The van der Waals surface area contributed by atoms with Gasteiger partial charge in [0.1, 0.15) is 5.82 Å². The van der Waals surface area contributed by atoms with Crippen LogP contribution in [-0.2, 0) is 11.3 Å². The fourth-order valence-corrected chi connectivity index (χ4v) is 1.14. The Morgan fingerprint density at radius 3 is 2.81 bits per heavy atom. The lowest BCUT2D eigenvalue weighted by Crippen LogP contribution is -2.20. The van der Waals surface area contributed by atoms with Crippen molar-refractivity contribution < 1.29 is 9.18 Å². The van der Waals surface area contributed by atoms with E-state index >= 15 is 0 Å². The van der Waals surface area contributed by atoms with Crippen LogP contribution in [0.2, 0.25) is 0 Å². The highest BCUT2D eigenvalue weighted by Gasteiger charge is 2.00. The first-order valence-corrected chi connectivity index (χ1v) is 5.04. The van der Waals surface area contributed by atoms with E-state index in [-0.39, 0.29) is 18.3 Å². The second kappa shape index (κ2) is 6.56. The molecule has 0 aliphatic heterocycles. The van der Waals surface area contributed by atoms with Crippen molar-refractivity contribution in [3.8, 4) is 0 Å². The first-order valence-electron chi connectivity index (χ1n) is 5.04. The Balaban J connectivity index is 2.46. The van der Waals surface area contributed by atoms with E-state index < -0.39 is 0 Å². The molecule has 2 nitrogen and oxygen atoms in total. The van der Waals surface area contributed by atoms with Gasteiger partial charge in [-0.25, -0.2) is 4.39 Å². The first kappa shape index (κ1) is 12.2. The third-order valence-electron chi connectivity index (χ3n) is 1.96. The van der Waals surface area contributed by atoms with E-state index in [9.17, 15) is 9.18 Å². The third kappa shape index (κ3) is 4.09. The topological polar surface area (TPSA) is 29.1 Å². The smallest absolute Gasteiger partial charge is 0.244 e. The van der Waals surface area contributed by atoms with Crippen molar-refractivity contribution >= 4 is 5.91 Å². The molecular formula is C13H14FNO. The van der Waals surface area contributed by atoms with Crippen LogP contribution in [0.25, 0.3) is 0 Å². The molecule has 0 fully saturated rings. The van der Waals surface area contributed by atoms with Gasteiger partial charge in [0, 0.05) is 18.2 Å². The Kier molecular flexibility index (Phi) is 4.99. The van der Waals surface area contributed by atoms with Gasteiger partial charge in [0.05, 0.1) is 0 Å². The van der Waals surface area contributed by atoms with Crippen LogP contribution in [0.15, 0.2) is 48.6 Å². The first-order chi connectivity index (χ1) is 7.74. The van der Waals surface area contributed by atoms with Gasteiger partial charge in [0.2, 0.25) is 5.91 Å². The minimum absolute atomic E-state index is 0.200. The molecule has 0 bridgehead atoms. The molecule has 3 heteroatoms. The molecule has 1 rings (SSSR count). The van der Waals surface area contributed by atoms with Gasteiger partial charge < -0.3 is 5.32 Å². The van der Waals surface area contributed by atoms with Gasteiger partial charge in [0.15, 0.2) is 0 Å². The minimum atomic E-state index is -0.305. The SMILES string of the molecule is C/C=C/C=C/C(=O)NCc1ccccc1F. The molecule has 0 unspecified atom stereocenters. The largest absolute Gasteiger partial charge is 0.348 e. The van der Waals surface area contributed by atoms with Gasteiger partial charge in [-0.1, -0.05) is 36.4 Å². The number of allylic oxidation sites excluding steroid dienone is 3. The predicted molar refractivity (Wildman–Crippen MR) is 62.2 cm³/mol. The maximum atomic E-state index is 13.2. The van der Waals surface area contributed by atoms with Crippen molar-refractivity contribution in [1.29, 1.82) is 0 Å². The summed E-state index contributed by atoms with van der Waals surface area (Å²) in [6, 6.07) is 6.37. The van der Waals surface area contributed by atoms with Crippen molar-refractivity contribution in [2.75, 3.05) is 0 Å². The Bertz CT molecular complexity index is 410. The molecular weight excluding hydrogens is 205 g/mol. The monoisotopic (exact) mass is 219 g/mol. The van der Waals surface area contributed by atoms with Crippen molar-refractivity contribution in [3.63, 3.8) is 0 Å². The number of nitrogens with one attached hydrogen (secondary N) is 1. The maximum absolute atomic E-state index is 13.2. The van der Waals surface area contributed by atoms with E-state index in [0.717, 1.165) is 0 Å². The zero-order chi connectivity index (χ0) is 11.8. The zero-order valence-electron chi connectivity index (χ0n) is 9.11. The van der Waals surface area contributed by atoms with Crippen molar-refractivity contribution in [2.24, 2.45) is 0 Å². The van der Waals surface area contributed by atoms with E-state index in [1.54, 1.807) is 30.4 Å². The number of hydrogen-bond acceptors (Lipinski definition) is 1. The van der Waals surface area contributed by atoms with E-state index in [1.165, 1.54) is 12.1 Å². The van der Waals surface area contributed by atoms with Crippen LogP contribution in [0.4, 0.5) is 4.39 Å². The lowest BCUT2D eigenvalue weighted by atomic mass is 10.2. The summed E-state index contributed by atoms with van der Waals surface area (Å²) in [5.41, 5.74) is 0.482. The van der Waals surface area contributed by atoms with Crippen LogP contribution < -0.4 is 5.32 Å². The molecule has 0 heterocycles. The maximum Gasteiger partial charge on any atom is 0.244 e. The van der Waals surface area contributed by atoms with Gasteiger partial charge >= 0.3 is 0 Å². The fraction of sp³-hybridized carbons (Fsp3) is 0.154. The molecule has 1 aromatic carbocycles. The van der Waals surface area contributed by atoms with Gasteiger partial charge in [0.25, 0.3) is 0 Å². The lowest BCUT2D eigenvalue weighted by molar-refractivity contribution is -0.116. The highest BCUT2D eigenvalue weighted by atomic mass is 19.1. The summed E-state index contributed by atoms with van der Waals surface area (Å²) in [5.74, 6) is -0.540. The standard InChI is InChI=1S/C13H14FNO/c1-2-3-4-9-13(16)15-10-11-7-5-6-8-12(11)14/h2-9H,10H2,1H3,(H,15,16)/b3-2+,9-4+. The van der Waals surface area contributed by atoms with E-state index in [2.05, 4.69) is 5.32 Å². The Hall–Kier alpha value is -1.90. The van der Waals surface area contributed by atoms with Crippen LogP contribution in [0, 0.1) is 5.82 Å². The predicted octanol–water partition coefficient (Wildman–Crippen LogP) is 2.57. The number of carbonyl (C=O) groups excluding carboxylic acids is 1. The average Bonchev–Trinajstić information content (AvgIpc) is 2.28. The van der Waals surface area contributed by atoms with E-state index in [1.807, 2.05) is 13.0 Å². The van der Waals surface area contributed by atoms with Gasteiger partial charge in [-0.3, -0.25) is 4.79 Å². The molecule has 0 radical (unpaired) electrons. The van der Waals surface area contributed by atoms with Gasteiger partial charge in [-0.05, 0) is 13.0 Å². The quantitative estimate of drug-likeness (QED) is 0.612. The summed E-state index contributed by atoms with van der Waals surface area (Å²) in [5, 5.41) is 2.60. The summed E-state index contributed by atoms with van der Waals surface area (Å²) < 4.78 is 13.2. The summed E-state index contributed by atoms with van der Waals surface area (Å²) in [6.45, 7) is 2.06. The Labute approximate surface area is 94.5 Å². The molecule has 0 aliphatic carbocycles. The molecule has 1 aromatic rings. The Morgan fingerprint density at radius 1 is 1.38 bits per heavy atom. The van der Waals surface area contributed by atoms with Gasteiger partial charge in [-0.2, -0.15) is 0 Å². The lowest BCUT2D eigenvalue weighted by Gasteiger charge is -2.03. The molecule has 0 aromatic heterocycles. The van der Waals surface area contributed by atoms with Crippen LogP contribution in [0.3, 0.4) is 0 Å². The summed E-state index contributed by atoms with van der Waals surface area (Å²) in [7, 11) is 0. The van der Waals surface area contributed by atoms with Crippen LogP contribution >= 0.6 is 0 Å². The van der Waals surface area contributed by atoms with Gasteiger partial charge in [-0.15, -0.1) is 0 Å². The number of carbonyl (C=O) groups is 1. The molecule has 0 spiro atoms.